The molecule has 0 aliphatic rings. The van der Waals surface area contributed by atoms with Gasteiger partial charge in [-0.1, -0.05) is 24.3 Å². The Morgan fingerprint density at radius 2 is 2.00 bits per heavy atom. The lowest BCUT2D eigenvalue weighted by atomic mass is 10.1. The molecule has 3 rings (SSSR count). The Balaban J connectivity index is 1.73. The average Bonchev–Trinajstić information content (AvgIpc) is 2.90. The fraction of sp³-hybridized carbons (Fsp3) is 0.250. The summed E-state index contributed by atoms with van der Waals surface area (Å²) in [4.78, 5) is 12.4. The predicted octanol–water partition coefficient (Wildman–Crippen LogP) is 3.97. The van der Waals surface area contributed by atoms with Crippen LogP contribution in [0.25, 0.3) is 10.9 Å². The van der Waals surface area contributed by atoms with Gasteiger partial charge in [0.15, 0.2) is 11.6 Å². The van der Waals surface area contributed by atoms with Gasteiger partial charge >= 0.3 is 0 Å². The van der Waals surface area contributed by atoms with Crippen LogP contribution in [-0.4, -0.2) is 17.6 Å². The second-order valence-electron chi connectivity index (χ2n) is 6.11. The van der Waals surface area contributed by atoms with Crippen molar-refractivity contribution in [3.05, 3.63) is 65.6 Å². The van der Waals surface area contributed by atoms with Crippen LogP contribution in [0, 0.1) is 12.7 Å². The van der Waals surface area contributed by atoms with E-state index in [-0.39, 0.29) is 24.2 Å². The minimum absolute atomic E-state index is 0.117. The van der Waals surface area contributed by atoms with E-state index in [9.17, 15) is 9.18 Å². The highest BCUT2D eigenvalue weighted by atomic mass is 19.1. The summed E-state index contributed by atoms with van der Waals surface area (Å²) in [5.74, 6) is -0.363. The second-order valence-corrected chi connectivity index (χ2v) is 6.11. The van der Waals surface area contributed by atoms with Crippen molar-refractivity contribution in [1.82, 2.24) is 9.88 Å². The summed E-state index contributed by atoms with van der Waals surface area (Å²) < 4.78 is 20.7. The number of hydrogen-bond donors (Lipinski definition) is 1. The summed E-state index contributed by atoms with van der Waals surface area (Å²) in [6.07, 6.45) is 0. The Morgan fingerprint density at radius 1 is 1.24 bits per heavy atom. The Labute approximate surface area is 146 Å². The number of nitrogens with one attached hydrogen (secondary N) is 1. The van der Waals surface area contributed by atoms with E-state index in [1.54, 1.807) is 12.1 Å². The zero-order valence-corrected chi connectivity index (χ0v) is 14.5. The maximum atomic E-state index is 13.8. The predicted molar refractivity (Wildman–Crippen MR) is 96.2 cm³/mol. The quantitative estimate of drug-likeness (QED) is 0.763. The molecule has 0 saturated carbocycles. The molecular weight excluding hydrogens is 319 g/mol. The molecule has 1 N–H and O–H groups in total. The second kappa shape index (κ2) is 6.97. The van der Waals surface area contributed by atoms with Gasteiger partial charge in [0, 0.05) is 11.2 Å². The molecule has 25 heavy (non-hydrogen) atoms. The van der Waals surface area contributed by atoms with E-state index in [0.717, 1.165) is 16.6 Å². The monoisotopic (exact) mass is 340 g/mol. The number of carbonyl (C=O) groups is 1. The first-order chi connectivity index (χ1) is 12.0. The molecule has 1 amide bonds. The number of nitrogens with zero attached hydrogens (tertiary/aromatic N) is 1. The number of para-hydroxylation sites is 1. The first-order valence-corrected chi connectivity index (χ1v) is 8.17. The van der Waals surface area contributed by atoms with Gasteiger partial charge in [-0.2, -0.15) is 0 Å². The van der Waals surface area contributed by atoms with E-state index in [0.29, 0.717) is 5.56 Å². The summed E-state index contributed by atoms with van der Waals surface area (Å²) >= 11 is 0. The lowest BCUT2D eigenvalue weighted by molar-refractivity contribution is -0.122. The molecule has 1 aromatic heterocycles. The molecule has 0 aliphatic carbocycles. The number of amides is 1. The summed E-state index contributed by atoms with van der Waals surface area (Å²) in [7, 11) is 1.42. The van der Waals surface area contributed by atoms with Crippen LogP contribution in [0.3, 0.4) is 0 Å². The van der Waals surface area contributed by atoms with E-state index in [1.165, 1.54) is 13.2 Å². The van der Waals surface area contributed by atoms with Gasteiger partial charge in [-0.15, -0.1) is 0 Å². The van der Waals surface area contributed by atoms with E-state index < -0.39 is 5.82 Å². The zero-order valence-electron chi connectivity index (χ0n) is 14.5. The number of hydrogen-bond acceptors (Lipinski definition) is 2. The van der Waals surface area contributed by atoms with Gasteiger partial charge in [-0.05, 0) is 49.1 Å². The van der Waals surface area contributed by atoms with Crippen molar-refractivity contribution >= 4 is 16.8 Å². The molecule has 0 spiro atoms. The van der Waals surface area contributed by atoms with Gasteiger partial charge in [-0.3, -0.25) is 4.79 Å². The lowest BCUT2D eigenvalue weighted by Crippen LogP contribution is -2.30. The minimum atomic E-state index is -0.437. The molecule has 1 heterocycles. The number of benzene rings is 2. The van der Waals surface area contributed by atoms with Crippen LogP contribution in [-0.2, 0) is 11.3 Å². The minimum Gasteiger partial charge on any atom is -0.494 e. The average molecular weight is 340 g/mol. The van der Waals surface area contributed by atoms with Crippen LogP contribution >= 0.6 is 0 Å². The number of aromatic nitrogens is 1. The van der Waals surface area contributed by atoms with E-state index >= 15 is 0 Å². The zero-order chi connectivity index (χ0) is 18.0. The van der Waals surface area contributed by atoms with Crippen molar-refractivity contribution < 1.29 is 13.9 Å². The van der Waals surface area contributed by atoms with Crippen LogP contribution < -0.4 is 10.1 Å². The van der Waals surface area contributed by atoms with Gasteiger partial charge in [0.25, 0.3) is 0 Å². The Kier molecular flexibility index (Phi) is 4.74. The maximum absolute atomic E-state index is 13.8. The molecule has 2 aromatic carbocycles. The Hall–Kier alpha value is -2.82. The Bertz CT molecular complexity index is 917. The highest BCUT2D eigenvalue weighted by Gasteiger charge is 2.14. The molecule has 4 nitrogen and oxygen atoms in total. The van der Waals surface area contributed by atoms with Gasteiger partial charge < -0.3 is 14.6 Å². The molecule has 1 atom stereocenters. The largest absolute Gasteiger partial charge is 0.494 e. The number of ether oxygens (including phenoxy) is 1. The van der Waals surface area contributed by atoms with Crippen molar-refractivity contribution in [3.8, 4) is 5.75 Å². The van der Waals surface area contributed by atoms with Crippen molar-refractivity contribution in [2.24, 2.45) is 0 Å². The number of carbonyl (C=O) groups excluding carboxylic acids is 1. The number of halogens is 1. The Morgan fingerprint density at radius 3 is 2.72 bits per heavy atom. The number of methoxy groups -OCH3 is 1. The number of rotatable bonds is 5. The molecule has 0 fully saturated rings. The molecule has 0 saturated heterocycles. The summed E-state index contributed by atoms with van der Waals surface area (Å²) in [6.45, 7) is 4.04. The third-order valence-corrected chi connectivity index (χ3v) is 4.37. The molecule has 3 aromatic rings. The molecule has 0 aliphatic heterocycles. The summed E-state index contributed by atoms with van der Waals surface area (Å²) in [6, 6.07) is 14.4. The third-order valence-electron chi connectivity index (χ3n) is 4.37. The van der Waals surface area contributed by atoms with Gasteiger partial charge in [0.2, 0.25) is 5.91 Å². The van der Waals surface area contributed by atoms with Crippen LogP contribution in [0.15, 0.2) is 48.5 Å². The van der Waals surface area contributed by atoms with Gasteiger partial charge in [0.1, 0.15) is 6.54 Å². The van der Waals surface area contributed by atoms with Crippen LogP contribution in [0.2, 0.25) is 0 Å². The number of aryl methyl sites for hydroxylation is 1. The highest BCUT2D eigenvalue weighted by molar-refractivity contribution is 5.84. The molecular formula is C20H21FN2O2. The first-order valence-electron chi connectivity index (χ1n) is 8.17. The standard InChI is InChI=1S/C20H21FN2O2/c1-13-10-16-6-4-5-7-18(16)23(13)12-20(24)22-14(2)15-8-9-19(25-3)17(21)11-15/h4-11,14H,12H2,1-3H3,(H,22,24). The van der Waals surface area contributed by atoms with Gasteiger partial charge in [-0.25, -0.2) is 4.39 Å². The summed E-state index contributed by atoms with van der Waals surface area (Å²) in [5.41, 5.74) is 2.75. The van der Waals surface area contributed by atoms with E-state index in [1.807, 2.05) is 42.7 Å². The van der Waals surface area contributed by atoms with Crippen molar-refractivity contribution in [1.29, 1.82) is 0 Å². The lowest BCUT2D eigenvalue weighted by Gasteiger charge is -2.16. The fourth-order valence-electron chi connectivity index (χ4n) is 3.02. The first kappa shape index (κ1) is 17.0. The smallest absolute Gasteiger partial charge is 0.240 e. The normalized spacial score (nSPS) is 12.2. The van der Waals surface area contributed by atoms with E-state index in [2.05, 4.69) is 11.4 Å². The molecule has 5 heteroatoms. The molecule has 1 unspecified atom stereocenters. The van der Waals surface area contributed by atoms with Crippen LogP contribution in [0.1, 0.15) is 24.2 Å². The van der Waals surface area contributed by atoms with Crippen molar-refractivity contribution in [2.75, 3.05) is 7.11 Å². The molecule has 0 bridgehead atoms. The maximum Gasteiger partial charge on any atom is 0.240 e. The van der Waals surface area contributed by atoms with Crippen LogP contribution in [0.5, 0.6) is 5.75 Å². The van der Waals surface area contributed by atoms with E-state index in [4.69, 9.17) is 4.74 Å². The van der Waals surface area contributed by atoms with Crippen molar-refractivity contribution in [3.63, 3.8) is 0 Å². The van der Waals surface area contributed by atoms with Crippen LogP contribution in [0.4, 0.5) is 4.39 Å². The summed E-state index contributed by atoms with van der Waals surface area (Å²) in [5, 5.41) is 4.03. The third kappa shape index (κ3) is 3.50. The highest BCUT2D eigenvalue weighted by Crippen LogP contribution is 2.22. The van der Waals surface area contributed by atoms with Gasteiger partial charge in [0.05, 0.1) is 13.2 Å². The van der Waals surface area contributed by atoms with Crippen molar-refractivity contribution in [2.45, 2.75) is 26.4 Å². The topological polar surface area (TPSA) is 43.3 Å². The molecule has 130 valence electrons. The molecule has 0 radical (unpaired) electrons. The fourth-order valence-corrected chi connectivity index (χ4v) is 3.02. The number of fused-ring (bicyclic) bond motifs is 1. The SMILES string of the molecule is COc1ccc(C(C)NC(=O)Cn2c(C)cc3ccccc32)cc1F.